The molecule has 23 heavy (non-hydrogen) atoms. The zero-order chi connectivity index (χ0) is 15.7. The summed E-state index contributed by atoms with van der Waals surface area (Å²) in [5.41, 5.74) is 5.95. The Bertz CT molecular complexity index is 510. The van der Waals surface area contributed by atoms with E-state index >= 15 is 0 Å². The maximum absolute atomic E-state index is 3.60. The quantitative estimate of drug-likeness (QED) is 0.611. The number of para-hydroxylation sites is 2. The molecule has 1 saturated heterocycles. The van der Waals surface area contributed by atoms with Gasteiger partial charge in [-0.05, 0) is 63.2 Å². The third kappa shape index (κ3) is 4.81. The Balaban J connectivity index is 1.56. The summed E-state index contributed by atoms with van der Waals surface area (Å²) in [6.45, 7) is 4.74. The van der Waals surface area contributed by atoms with Crippen LogP contribution in [0.25, 0.3) is 0 Å². The van der Waals surface area contributed by atoms with Crippen LogP contribution in [0.5, 0.6) is 0 Å². The van der Waals surface area contributed by atoms with Crippen LogP contribution in [0.2, 0.25) is 0 Å². The molecule has 1 aliphatic rings. The zero-order valence-electron chi connectivity index (χ0n) is 13.8. The minimum absolute atomic E-state index is 0.986. The maximum Gasteiger partial charge on any atom is 0.0577 e. The Hall–Kier alpha value is -1.84. The predicted molar refractivity (Wildman–Crippen MR) is 97.9 cm³/mol. The van der Waals surface area contributed by atoms with Crippen LogP contribution in [-0.4, -0.2) is 31.1 Å². The van der Waals surface area contributed by atoms with E-state index in [0.29, 0.717) is 0 Å². The first-order valence-corrected chi connectivity index (χ1v) is 8.79. The predicted octanol–water partition coefficient (Wildman–Crippen LogP) is 4.21. The third-order valence-corrected chi connectivity index (χ3v) is 4.40. The van der Waals surface area contributed by atoms with Crippen LogP contribution in [-0.2, 0) is 0 Å². The molecule has 0 saturated carbocycles. The molecule has 2 aromatic rings. The highest BCUT2D eigenvalue weighted by atomic mass is 15.5. The topological polar surface area (TPSA) is 18.5 Å². The van der Waals surface area contributed by atoms with E-state index in [4.69, 9.17) is 0 Å². The second-order valence-corrected chi connectivity index (χ2v) is 6.17. The second-order valence-electron chi connectivity index (χ2n) is 6.17. The lowest BCUT2D eigenvalue weighted by Crippen LogP contribution is -2.37. The molecule has 0 radical (unpaired) electrons. The van der Waals surface area contributed by atoms with Crippen LogP contribution in [0, 0.1) is 0 Å². The van der Waals surface area contributed by atoms with Crippen molar-refractivity contribution in [3.8, 4) is 0 Å². The number of nitrogens with one attached hydrogen (secondary N) is 1. The van der Waals surface area contributed by atoms with Crippen LogP contribution < -0.4 is 10.4 Å². The van der Waals surface area contributed by atoms with Crippen LogP contribution in [0.4, 0.5) is 11.4 Å². The molecular formula is C20H27N3. The van der Waals surface area contributed by atoms with Gasteiger partial charge in [-0.15, -0.1) is 0 Å². The van der Waals surface area contributed by atoms with E-state index in [1.807, 2.05) is 0 Å². The lowest BCUT2D eigenvalue weighted by Gasteiger charge is -2.28. The van der Waals surface area contributed by atoms with Crippen molar-refractivity contribution < 1.29 is 0 Å². The van der Waals surface area contributed by atoms with E-state index in [1.165, 1.54) is 56.7 Å². The molecule has 3 nitrogen and oxygen atoms in total. The van der Waals surface area contributed by atoms with Crippen LogP contribution in [0.1, 0.15) is 25.7 Å². The lowest BCUT2D eigenvalue weighted by atomic mass is 10.1. The number of anilines is 2. The summed E-state index contributed by atoms with van der Waals surface area (Å²) in [5.74, 6) is 0. The second kappa shape index (κ2) is 8.70. The van der Waals surface area contributed by atoms with Crippen molar-refractivity contribution in [1.29, 1.82) is 0 Å². The molecule has 122 valence electrons. The lowest BCUT2D eigenvalue weighted by molar-refractivity contribution is 0.226. The highest BCUT2D eigenvalue weighted by Crippen LogP contribution is 2.22. The Morgan fingerprint density at radius 1 is 0.783 bits per heavy atom. The third-order valence-electron chi connectivity index (χ3n) is 4.40. The van der Waals surface area contributed by atoms with Gasteiger partial charge in [0.15, 0.2) is 0 Å². The molecule has 1 fully saturated rings. The Labute approximate surface area is 139 Å². The fraction of sp³-hybridized carbons (Fsp3) is 0.400. The first kappa shape index (κ1) is 16.0. The van der Waals surface area contributed by atoms with Gasteiger partial charge in [0.25, 0.3) is 0 Å². The standard InChI is InChI=1S/C20H27N3/c1-4-11-19(12-5-1)23(20-13-6-2-7-14-20)21-15-10-18-22-16-8-3-9-17-22/h1-2,4-7,11-14,21H,3,8-10,15-18H2. The molecule has 0 amide bonds. The van der Waals surface area contributed by atoms with E-state index < -0.39 is 0 Å². The summed E-state index contributed by atoms with van der Waals surface area (Å²) in [7, 11) is 0. The van der Waals surface area contributed by atoms with Gasteiger partial charge in [-0.1, -0.05) is 42.8 Å². The maximum atomic E-state index is 3.60. The molecule has 0 atom stereocenters. The molecule has 3 heteroatoms. The molecule has 1 aliphatic heterocycles. The highest BCUT2D eigenvalue weighted by molar-refractivity contribution is 5.61. The minimum Gasteiger partial charge on any atom is -0.303 e. The summed E-state index contributed by atoms with van der Waals surface area (Å²) in [6, 6.07) is 21.0. The average molecular weight is 309 g/mol. The number of likely N-dealkylation sites (tertiary alicyclic amines) is 1. The van der Waals surface area contributed by atoms with Crippen LogP contribution in [0.15, 0.2) is 60.7 Å². The number of rotatable bonds is 7. The monoisotopic (exact) mass is 309 g/mol. The molecule has 0 spiro atoms. The van der Waals surface area contributed by atoms with Gasteiger partial charge in [-0.3, -0.25) is 5.01 Å². The number of benzene rings is 2. The average Bonchev–Trinajstić information content (AvgIpc) is 2.64. The van der Waals surface area contributed by atoms with Crippen molar-refractivity contribution >= 4 is 11.4 Å². The van der Waals surface area contributed by atoms with Gasteiger partial charge >= 0.3 is 0 Å². The van der Waals surface area contributed by atoms with E-state index in [-0.39, 0.29) is 0 Å². The van der Waals surface area contributed by atoms with E-state index in [0.717, 1.165) is 6.54 Å². The summed E-state index contributed by atoms with van der Waals surface area (Å²) >= 11 is 0. The number of hydrazine groups is 1. The molecule has 0 bridgehead atoms. The summed E-state index contributed by atoms with van der Waals surface area (Å²) in [6.07, 6.45) is 5.32. The number of nitrogens with zero attached hydrogens (tertiary/aromatic N) is 2. The molecule has 0 aromatic heterocycles. The van der Waals surface area contributed by atoms with E-state index in [2.05, 4.69) is 76.0 Å². The summed E-state index contributed by atoms with van der Waals surface area (Å²) in [4.78, 5) is 2.60. The first-order chi connectivity index (χ1) is 11.4. The van der Waals surface area contributed by atoms with Gasteiger partial charge in [0.2, 0.25) is 0 Å². The normalized spacial score (nSPS) is 15.5. The van der Waals surface area contributed by atoms with Crippen molar-refractivity contribution in [3.05, 3.63) is 60.7 Å². The fourth-order valence-corrected chi connectivity index (χ4v) is 3.16. The number of hydrogen-bond donors (Lipinski definition) is 1. The molecule has 2 aromatic carbocycles. The number of piperidine rings is 1. The van der Waals surface area contributed by atoms with Crippen molar-refractivity contribution in [2.75, 3.05) is 31.2 Å². The molecule has 0 unspecified atom stereocenters. The SMILES string of the molecule is c1ccc(N(NCCCN2CCCCC2)c2ccccc2)cc1. The number of hydrogen-bond acceptors (Lipinski definition) is 3. The smallest absolute Gasteiger partial charge is 0.0577 e. The zero-order valence-corrected chi connectivity index (χ0v) is 13.8. The molecule has 0 aliphatic carbocycles. The van der Waals surface area contributed by atoms with E-state index in [9.17, 15) is 0 Å². The highest BCUT2D eigenvalue weighted by Gasteiger charge is 2.11. The fourth-order valence-electron chi connectivity index (χ4n) is 3.16. The van der Waals surface area contributed by atoms with Gasteiger partial charge in [0, 0.05) is 6.54 Å². The van der Waals surface area contributed by atoms with Crippen molar-refractivity contribution in [2.24, 2.45) is 0 Å². The largest absolute Gasteiger partial charge is 0.303 e. The van der Waals surface area contributed by atoms with Gasteiger partial charge < -0.3 is 4.90 Å². The summed E-state index contributed by atoms with van der Waals surface area (Å²) in [5, 5.41) is 2.19. The Morgan fingerprint density at radius 3 is 1.91 bits per heavy atom. The van der Waals surface area contributed by atoms with Gasteiger partial charge in [0.1, 0.15) is 0 Å². The molecular weight excluding hydrogens is 282 g/mol. The van der Waals surface area contributed by atoms with Crippen molar-refractivity contribution in [1.82, 2.24) is 10.3 Å². The van der Waals surface area contributed by atoms with Gasteiger partial charge in [-0.25, -0.2) is 5.43 Å². The first-order valence-electron chi connectivity index (χ1n) is 8.79. The van der Waals surface area contributed by atoms with Crippen LogP contribution >= 0.6 is 0 Å². The molecule has 1 N–H and O–H groups in total. The van der Waals surface area contributed by atoms with Gasteiger partial charge in [-0.2, -0.15) is 0 Å². The van der Waals surface area contributed by atoms with Crippen molar-refractivity contribution in [2.45, 2.75) is 25.7 Å². The molecule has 1 heterocycles. The molecule has 3 rings (SSSR count). The Kier molecular flexibility index (Phi) is 6.07. The summed E-state index contributed by atoms with van der Waals surface area (Å²) < 4.78 is 0. The van der Waals surface area contributed by atoms with Gasteiger partial charge in [0.05, 0.1) is 11.4 Å². The van der Waals surface area contributed by atoms with E-state index in [1.54, 1.807) is 0 Å². The van der Waals surface area contributed by atoms with Crippen LogP contribution in [0.3, 0.4) is 0 Å². The Morgan fingerprint density at radius 2 is 1.35 bits per heavy atom. The van der Waals surface area contributed by atoms with Crippen molar-refractivity contribution in [3.63, 3.8) is 0 Å². The minimum atomic E-state index is 0.986.